The lowest BCUT2D eigenvalue weighted by molar-refractivity contribution is 1.02. The van der Waals surface area contributed by atoms with E-state index in [9.17, 15) is 0 Å². The summed E-state index contributed by atoms with van der Waals surface area (Å²) < 4.78 is 4.92. The van der Waals surface area contributed by atoms with Crippen LogP contribution in [0.15, 0.2) is 140 Å². The minimum Gasteiger partial charge on any atom is -0.277 e. The zero-order valence-electron chi connectivity index (χ0n) is 23.5. The minimum atomic E-state index is 0.684. The molecule has 0 atom stereocenters. The number of aromatic nitrogens is 3. The third kappa shape index (κ3) is 3.20. The van der Waals surface area contributed by atoms with Gasteiger partial charge in [-0.2, -0.15) is 0 Å². The maximum absolute atomic E-state index is 5.45. The molecule has 0 bridgehead atoms. The van der Waals surface area contributed by atoms with E-state index in [0.29, 0.717) is 5.95 Å². The molecule has 0 amide bonds. The Hall–Kier alpha value is -5.58. The average Bonchev–Trinajstić information content (AvgIpc) is 3.64. The molecule has 44 heavy (non-hydrogen) atoms. The lowest BCUT2D eigenvalue weighted by Gasteiger charge is -2.14. The first-order valence-corrected chi connectivity index (χ1v) is 15.7. The summed E-state index contributed by atoms with van der Waals surface area (Å²) in [7, 11) is 0. The Morgan fingerprint density at radius 1 is 0.477 bits per heavy atom. The zero-order chi connectivity index (χ0) is 28.8. The fourth-order valence-electron chi connectivity index (χ4n) is 7.13. The van der Waals surface area contributed by atoms with Gasteiger partial charge < -0.3 is 0 Å². The van der Waals surface area contributed by atoms with Gasteiger partial charge in [-0.3, -0.25) is 4.57 Å². The van der Waals surface area contributed by atoms with Gasteiger partial charge in [0.1, 0.15) is 0 Å². The quantitative estimate of drug-likeness (QED) is 0.205. The van der Waals surface area contributed by atoms with E-state index >= 15 is 0 Å². The molecule has 0 aliphatic carbocycles. The number of nitrogens with zero attached hydrogens (tertiary/aromatic N) is 3. The minimum absolute atomic E-state index is 0.684. The van der Waals surface area contributed by atoms with Crippen molar-refractivity contribution in [3.63, 3.8) is 0 Å². The molecular formula is C40H23N3S. The van der Waals surface area contributed by atoms with Crippen LogP contribution in [0.4, 0.5) is 0 Å². The topological polar surface area (TPSA) is 30.7 Å². The van der Waals surface area contributed by atoms with Gasteiger partial charge in [0.2, 0.25) is 5.95 Å². The molecule has 10 rings (SSSR count). The van der Waals surface area contributed by atoms with Crippen LogP contribution >= 0.6 is 11.3 Å². The molecule has 0 aliphatic rings. The van der Waals surface area contributed by atoms with Crippen LogP contribution in [0, 0.1) is 0 Å². The van der Waals surface area contributed by atoms with Crippen LogP contribution in [0.1, 0.15) is 0 Å². The van der Waals surface area contributed by atoms with Gasteiger partial charge in [0.25, 0.3) is 0 Å². The summed E-state index contributed by atoms with van der Waals surface area (Å²) in [5.74, 6) is 0.684. The maximum Gasteiger partial charge on any atom is 0.235 e. The third-order valence-electron chi connectivity index (χ3n) is 8.98. The molecule has 7 aromatic carbocycles. The van der Waals surface area contributed by atoms with E-state index in [1.165, 1.54) is 52.5 Å². The lowest BCUT2D eigenvalue weighted by atomic mass is 9.99. The number of hydrogen-bond acceptors (Lipinski definition) is 3. The van der Waals surface area contributed by atoms with Gasteiger partial charge in [0.15, 0.2) is 0 Å². The predicted octanol–water partition coefficient (Wildman–Crippen LogP) is 11.1. The second-order valence-corrected chi connectivity index (χ2v) is 12.4. The molecule has 0 saturated carbocycles. The summed E-state index contributed by atoms with van der Waals surface area (Å²) in [5.41, 5.74) is 5.25. The first kappa shape index (κ1) is 23.9. The lowest BCUT2D eigenvalue weighted by Crippen LogP contribution is -2.04. The molecule has 0 saturated heterocycles. The smallest absolute Gasteiger partial charge is 0.235 e. The number of rotatable bonds is 2. The molecule has 3 heterocycles. The Kier molecular flexibility index (Phi) is 4.87. The van der Waals surface area contributed by atoms with Crippen LogP contribution < -0.4 is 0 Å². The van der Waals surface area contributed by atoms with E-state index in [4.69, 9.17) is 9.97 Å². The van der Waals surface area contributed by atoms with E-state index in [1.807, 2.05) is 11.3 Å². The fraction of sp³-hybridized carbons (Fsp3) is 0. The molecule has 0 N–H and O–H groups in total. The normalized spacial score (nSPS) is 12.1. The van der Waals surface area contributed by atoms with E-state index < -0.39 is 0 Å². The molecule has 3 nitrogen and oxygen atoms in total. The molecule has 3 aromatic heterocycles. The SMILES string of the molecule is c1ccc2c(-c3nc(-n4c5ccccc5c5c6sc7ccccc7c6c6ccccc6c54)nc4ccccc34)cccc2c1. The van der Waals surface area contributed by atoms with Gasteiger partial charge in [0, 0.05) is 47.3 Å². The van der Waals surface area contributed by atoms with E-state index in [2.05, 4.69) is 144 Å². The summed E-state index contributed by atoms with van der Waals surface area (Å²) >= 11 is 1.88. The molecule has 0 radical (unpaired) electrons. The van der Waals surface area contributed by atoms with Crippen molar-refractivity contribution >= 4 is 85.8 Å². The predicted molar refractivity (Wildman–Crippen MR) is 187 cm³/mol. The second kappa shape index (κ2) is 8.96. The monoisotopic (exact) mass is 577 g/mol. The summed E-state index contributed by atoms with van der Waals surface area (Å²) in [5, 5.41) is 11.0. The van der Waals surface area contributed by atoms with Crippen LogP contribution in [0.25, 0.3) is 91.6 Å². The summed E-state index contributed by atoms with van der Waals surface area (Å²) in [6, 6.07) is 49.7. The first-order chi connectivity index (χ1) is 21.8. The second-order valence-electron chi connectivity index (χ2n) is 11.3. The number of fused-ring (bicyclic) bond motifs is 12. The number of para-hydroxylation sites is 2. The molecule has 0 spiro atoms. The largest absolute Gasteiger partial charge is 0.277 e. The van der Waals surface area contributed by atoms with Gasteiger partial charge in [-0.1, -0.05) is 121 Å². The fourth-order valence-corrected chi connectivity index (χ4v) is 8.41. The molecule has 0 unspecified atom stereocenters. The number of hydrogen-bond donors (Lipinski definition) is 0. The molecule has 0 fully saturated rings. The zero-order valence-corrected chi connectivity index (χ0v) is 24.3. The van der Waals surface area contributed by atoms with Crippen molar-refractivity contribution < 1.29 is 0 Å². The molecule has 10 aromatic rings. The summed E-state index contributed by atoms with van der Waals surface area (Å²) in [4.78, 5) is 10.7. The highest BCUT2D eigenvalue weighted by atomic mass is 32.1. The van der Waals surface area contributed by atoms with Crippen molar-refractivity contribution in [1.82, 2.24) is 14.5 Å². The average molecular weight is 578 g/mol. The van der Waals surface area contributed by atoms with E-state index in [-0.39, 0.29) is 0 Å². The maximum atomic E-state index is 5.45. The Morgan fingerprint density at radius 3 is 2.02 bits per heavy atom. The Balaban J connectivity index is 1.42. The van der Waals surface area contributed by atoms with Crippen molar-refractivity contribution in [2.24, 2.45) is 0 Å². The van der Waals surface area contributed by atoms with Crippen molar-refractivity contribution in [2.45, 2.75) is 0 Å². The van der Waals surface area contributed by atoms with Gasteiger partial charge in [-0.15, -0.1) is 11.3 Å². The number of thiophene rings is 1. The van der Waals surface area contributed by atoms with E-state index in [0.717, 1.165) is 33.2 Å². The summed E-state index contributed by atoms with van der Waals surface area (Å²) in [6.07, 6.45) is 0. The summed E-state index contributed by atoms with van der Waals surface area (Å²) in [6.45, 7) is 0. The van der Waals surface area contributed by atoms with Crippen molar-refractivity contribution in [2.75, 3.05) is 0 Å². The number of benzene rings is 7. The highest BCUT2D eigenvalue weighted by Gasteiger charge is 2.23. The van der Waals surface area contributed by atoms with E-state index in [1.54, 1.807) is 0 Å². The van der Waals surface area contributed by atoms with Crippen molar-refractivity contribution in [3.8, 4) is 17.2 Å². The van der Waals surface area contributed by atoms with Crippen LogP contribution in [-0.2, 0) is 0 Å². The highest BCUT2D eigenvalue weighted by molar-refractivity contribution is 7.27. The van der Waals surface area contributed by atoms with Gasteiger partial charge in [0.05, 0.1) is 22.2 Å². The Morgan fingerprint density at radius 2 is 1.14 bits per heavy atom. The Bertz CT molecular complexity index is 2780. The van der Waals surface area contributed by atoms with Crippen molar-refractivity contribution in [1.29, 1.82) is 0 Å². The standard InChI is InChI=1S/C40H23N3S/c1-2-14-25-24(12-1)13-11-20-27(25)37-29-17-5-8-21-32(29)41-40(42-37)43-33-22-9-6-18-30(33)36-38(43)28-16-4-3-15-26(28)35-31-19-7-10-23-34(31)44-39(35)36/h1-23H. The van der Waals surface area contributed by atoms with Crippen LogP contribution in [0.5, 0.6) is 0 Å². The molecular weight excluding hydrogens is 555 g/mol. The van der Waals surface area contributed by atoms with Gasteiger partial charge in [-0.05, 0) is 34.4 Å². The first-order valence-electron chi connectivity index (χ1n) is 14.9. The Labute approximate surface area is 256 Å². The molecule has 4 heteroatoms. The van der Waals surface area contributed by atoms with Crippen LogP contribution in [-0.4, -0.2) is 14.5 Å². The molecule has 0 aliphatic heterocycles. The third-order valence-corrected chi connectivity index (χ3v) is 10.2. The van der Waals surface area contributed by atoms with Gasteiger partial charge >= 0.3 is 0 Å². The highest BCUT2D eigenvalue weighted by Crippen LogP contribution is 2.47. The van der Waals surface area contributed by atoms with Crippen LogP contribution in [0.3, 0.4) is 0 Å². The molecule has 204 valence electrons. The van der Waals surface area contributed by atoms with Crippen molar-refractivity contribution in [3.05, 3.63) is 140 Å². The van der Waals surface area contributed by atoms with Crippen LogP contribution in [0.2, 0.25) is 0 Å². The van der Waals surface area contributed by atoms with Gasteiger partial charge in [-0.25, -0.2) is 9.97 Å².